The Balaban J connectivity index is 1.34. The van der Waals surface area contributed by atoms with E-state index in [1.165, 1.54) is 5.56 Å². The molecule has 0 bridgehead atoms. The molecule has 5 rings (SSSR count). The van der Waals surface area contributed by atoms with Crippen molar-refractivity contribution in [3.05, 3.63) is 80.9 Å². The molecule has 8 heteroatoms. The first kappa shape index (κ1) is 19.4. The fourth-order valence-corrected chi connectivity index (χ4v) is 4.46. The van der Waals surface area contributed by atoms with Crippen molar-refractivity contribution in [3.63, 3.8) is 0 Å². The number of pyridine rings is 1. The average Bonchev–Trinajstić information content (AvgIpc) is 3.22. The van der Waals surface area contributed by atoms with Crippen molar-refractivity contribution in [2.24, 2.45) is 5.92 Å². The lowest BCUT2D eigenvalue weighted by molar-refractivity contribution is 0.206. The summed E-state index contributed by atoms with van der Waals surface area (Å²) in [7, 11) is 0. The largest absolute Gasteiger partial charge is 0.305 e. The molecular formula is C22H23ClN6O. The minimum absolute atomic E-state index is 0.0523. The van der Waals surface area contributed by atoms with Gasteiger partial charge in [0.05, 0.1) is 11.7 Å². The van der Waals surface area contributed by atoms with E-state index in [-0.39, 0.29) is 11.6 Å². The summed E-state index contributed by atoms with van der Waals surface area (Å²) in [6.45, 7) is 3.33. The Labute approximate surface area is 179 Å². The Morgan fingerprint density at radius 3 is 2.83 bits per heavy atom. The molecule has 2 aliphatic heterocycles. The second kappa shape index (κ2) is 8.28. The Kier molecular flexibility index (Phi) is 5.35. The number of nitrogens with one attached hydrogen (secondary N) is 3. The van der Waals surface area contributed by atoms with E-state index in [9.17, 15) is 4.79 Å². The molecule has 3 N–H and O–H groups in total. The fourth-order valence-electron chi connectivity index (χ4n) is 4.34. The van der Waals surface area contributed by atoms with Crippen molar-refractivity contribution < 1.29 is 0 Å². The molecule has 2 unspecified atom stereocenters. The van der Waals surface area contributed by atoms with Crippen molar-refractivity contribution >= 4 is 11.6 Å². The highest BCUT2D eigenvalue weighted by Gasteiger charge is 2.31. The number of aromatic amines is 1. The minimum Gasteiger partial charge on any atom is -0.305 e. The second-order valence-electron chi connectivity index (χ2n) is 7.85. The summed E-state index contributed by atoms with van der Waals surface area (Å²) in [6.07, 6.45) is 2.41. The first-order valence-electron chi connectivity index (χ1n) is 10.2. The highest BCUT2D eigenvalue weighted by atomic mass is 35.5. The first-order chi connectivity index (χ1) is 14.7. The number of benzene rings is 1. The topological polar surface area (TPSA) is 85.9 Å². The zero-order valence-electron chi connectivity index (χ0n) is 16.4. The van der Waals surface area contributed by atoms with E-state index in [1.54, 1.807) is 6.20 Å². The van der Waals surface area contributed by atoms with Gasteiger partial charge in [-0.3, -0.25) is 20.1 Å². The lowest BCUT2D eigenvalue weighted by Gasteiger charge is -2.31. The molecule has 30 heavy (non-hydrogen) atoms. The van der Waals surface area contributed by atoms with E-state index in [1.807, 2.05) is 30.3 Å². The van der Waals surface area contributed by atoms with Crippen LogP contribution in [0, 0.1) is 5.92 Å². The molecule has 4 heterocycles. The van der Waals surface area contributed by atoms with Crippen molar-refractivity contribution in [1.29, 1.82) is 0 Å². The van der Waals surface area contributed by atoms with Crippen LogP contribution in [0.2, 0.25) is 5.02 Å². The predicted octanol–water partition coefficient (Wildman–Crippen LogP) is 2.31. The van der Waals surface area contributed by atoms with E-state index in [4.69, 9.17) is 16.6 Å². The Hall–Kier alpha value is -2.58. The van der Waals surface area contributed by atoms with Crippen LogP contribution >= 0.6 is 11.6 Å². The maximum Gasteiger partial charge on any atom is 0.254 e. The van der Waals surface area contributed by atoms with Gasteiger partial charge in [0.15, 0.2) is 5.82 Å². The van der Waals surface area contributed by atoms with Crippen LogP contribution < -0.4 is 16.4 Å². The zero-order valence-corrected chi connectivity index (χ0v) is 17.2. The van der Waals surface area contributed by atoms with Gasteiger partial charge >= 0.3 is 0 Å². The molecule has 1 aromatic carbocycles. The van der Waals surface area contributed by atoms with E-state index in [0.717, 1.165) is 35.9 Å². The molecule has 0 saturated carbocycles. The number of H-pyrrole nitrogens is 1. The molecule has 154 valence electrons. The van der Waals surface area contributed by atoms with Crippen molar-refractivity contribution in [2.75, 3.05) is 19.6 Å². The first-order valence-corrected chi connectivity index (χ1v) is 10.5. The molecule has 1 saturated heterocycles. The van der Waals surface area contributed by atoms with Gasteiger partial charge in [-0.15, -0.1) is 0 Å². The SMILES string of the molecule is O=c1[nH]c(-c2ccccn2)nc2c1CCN(CC1CNNC1c1ccc(Cl)cc1)C2. The molecule has 2 atom stereocenters. The summed E-state index contributed by atoms with van der Waals surface area (Å²) in [5.74, 6) is 0.939. The van der Waals surface area contributed by atoms with Gasteiger partial charge in [-0.2, -0.15) is 0 Å². The molecule has 3 aromatic rings. The van der Waals surface area contributed by atoms with E-state index >= 15 is 0 Å². The van der Waals surface area contributed by atoms with E-state index < -0.39 is 0 Å². The van der Waals surface area contributed by atoms with Gasteiger partial charge in [0.2, 0.25) is 0 Å². The van der Waals surface area contributed by atoms with Crippen LogP contribution in [0.1, 0.15) is 22.9 Å². The van der Waals surface area contributed by atoms with E-state index in [0.29, 0.717) is 30.4 Å². The van der Waals surface area contributed by atoms with Crippen LogP contribution in [-0.2, 0) is 13.0 Å². The quantitative estimate of drug-likeness (QED) is 0.598. The molecule has 2 aromatic heterocycles. The number of aromatic nitrogens is 3. The van der Waals surface area contributed by atoms with Crippen molar-refractivity contribution in [1.82, 2.24) is 30.7 Å². The molecule has 0 amide bonds. The lowest BCUT2D eigenvalue weighted by Crippen LogP contribution is -2.39. The number of hydrazine groups is 1. The third kappa shape index (κ3) is 3.89. The zero-order chi connectivity index (χ0) is 20.5. The van der Waals surface area contributed by atoms with Gasteiger partial charge < -0.3 is 4.98 Å². The number of rotatable bonds is 4. The second-order valence-corrected chi connectivity index (χ2v) is 8.29. The average molecular weight is 423 g/mol. The number of hydrogen-bond donors (Lipinski definition) is 3. The molecule has 0 aliphatic carbocycles. The molecule has 0 spiro atoms. The highest BCUT2D eigenvalue weighted by Crippen LogP contribution is 2.28. The van der Waals surface area contributed by atoms with Gasteiger partial charge in [-0.25, -0.2) is 10.4 Å². The molecular weight excluding hydrogens is 400 g/mol. The van der Waals surface area contributed by atoms with Gasteiger partial charge in [-0.1, -0.05) is 29.8 Å². The summed E-state index contributed by atoms with van der Waals surface area (Å²) in [5.41, 5.74) is 10.2. The Morgan fingerprint density at radius 2 is 2.03 bits per heavy atom. The number of halogens is 1. The van der Waals surface area contributed by atoms with Crippen LogP contribution in [0.15, 0.2) is 53.5 Å². The normalized spacial score (nSPS) is 21.5. The summed E-state index contributed by atoms with van der Waals surface area (Å²) in [6, 6.07) is 13.8. The smallest absolute Gasteiger partial charge is 0.254 e. The summed E-state index contributed by atoms with van der Waals surface area (Å²) >= 11 is 6.04. The molecule has 7 nitrogen and oxygen atoms in total. The predicted molar refractivity (Wildman–Crippen MR) is 116 cm³/mol. The highest BCUT2D eigenvalue weighted by molar-refractivity contribution is 6.30. The maximum absolute atomic E-state index is 12.6. The lowest BCUT2D eigenvalue weighted by atomic mass is 9.93. The van der Waals surface area contributed by atoms with Crippen molar-refractivity contribution in [3.8, 4) is 11.5 Å². The number of hydrogen-bond acceptors (Lipinski definition) is 6. The maximum atomic E-state index is 12.6. The molecule has 1 fully saturated rings. The van der Waals surface area contributed by atoms with Gasteiger partial charge in [0, 0.05) is 48.9 Å². The summed E-state index contributed by atoms with van der Waals surface area (Å²) in [5, 5.41) is 0.744. The number of nitrogens with zero attached hydrogens (tertiary/aromatic N) is 3. The molecule has 2 aliphatic rings. The van der Waals surface area contributed by atoms with Crippen LogP contribution in [0.5, 0.6) is 0 Å². The number of fused-ring (bicyclic) bond motifs is 1. The van der Waals surface area contributed by atoms with Crippen LogP contribution in [0.25, 0.3) is 11.5 Å². The van der Waals surface area contributed by atoms with Crippen LogP contribution in [0.4, 0.5) is 0 Å². The molecule has 0 radical (unpaired) electrons. The summed E-state index contributed by atoms with van der Waals surface area (Å²) < 4.78 is 0. The van der Waals surface area contributed by atoms with Crippen LogP contribution in [0.3, 0.4) is 0 Å². The van der Waals surface area contributed by atoms with Gasteiger partial charge in [-0.05, 0) is 36.2 Å². The van der Waals surface area contributed by atoms with Gasteiger partial charge in [0.1, 0.15) is 5.69 Å². The Morgan fingerprint density at radius 1 is 1.17 bits per heavy atom. The standard InChI is InChI=1S/C22H23ClN6O/c23-16-6-4-14(5-7-16)20-15(11-25-28-20)12-29-10-8-17-19(13-29)26-21(27-22(17)30)18-3-1-2-9-24-18/h1-7,9,15,20,25,28H,8,10-13H2,(H,26,27,30). The fraction of sp³-hybridized carbons (Fsp3) is 0.318. The van der Waals surface area contributed by atoms with Crippen LogP contribution in [-0.4, -0.2) is 39.5 Å². The summed E-state index contributed by atoms with van der Waals surface area (Å²) in [4.78, 5) is 27.0. The third-order valence-corrected chi connectivity index (χ3v) is 6.13. The minimum atomic E-state index is -0.0523. The van der Waals surface area contributed by atoms with Gasteiger partial charge in [0.25, 0.3) is 5.56 Å². The monoisotopic (exact) mass is 422 g/mol. The third-order valence-electron chi connectivity index (χ3n) is 5.88. The van der Waals surface area contributed by atoms with Crippen molar-refractivity contribution in [2.45, 2.75) is 19.0 Å². The Bertz CT molecular complexity index is 1090. The van der Waals surface area contributed by atoms with E-state index in [2.05, 4.69) is 37.9 Å².